The van der Waals surface area contributed by atoms with Gasteiger partial charge < -0.3 is 9.47 Å². The summed E-state index contributed by atoms with van der Waals surface area (Å²) in [6.45, 7) is 3.61. The first kappa shape index (κ1) is 14.4. The first-order valence-corrected chi connectivity index (χ1v) is 8.77. The Hall–Kier alpha value is -2.15. The molecule has 1 aliphatic rings. The van der Waals surface area contributed by atoms with E-state index >= 15 is 0 Å². The molecule has 0 bridgehead atoms. The van der Waals surface area contributed by atoms with Gasteiger partial charge in [0.15, 0.2) is 4.96 Å². The molecule has 0 spiro atoms. The van der Waals surface area contributed by atoms with Crippen molar-refractivity contribution in [2.75, 3.05) is 13.1 Å². The van der Waals surface area contributed by atoms with E-state index in [1.54, 1.807) is 11.3 Å². The van der Waals surface area contributed by atoms with Crippen molar-refractivity contribution in [2.24, 2.45) is 0 Å². The summed E-state index contributed by atoms with van der Waals surface area (Å²) in [5.41, 5.74) is 0.850. The van der Waals surface area contributed by atoms with E-state index in [4.69, 9.17) is 0 Å². The van der Waals surface area contributed by atoms with Crippen LogP contribution in [0.2, 0.25) is 0 Å². The van der Waals surface area contributed by atoms with Crippen molar-refractivity contribution in [3.8, 4) is 0 Å². The summed E-state index contributed by atoms with van der Waals surface area (Å²) >= 11 is 1.59. The molecule has 0 unspecified atom stereocenters. The Morgan fingerprint density at radius 2 is 2.35 bits per heavy atom. The molecule has 1 atom stereocenters. The molecule has 3 aromatic heterocycles. The van der Waals surface area contributed by atoms with Gasteiger partial charge in [0.25, 0.3) is 0 Å². The van der Waals surface area contributed by atoms with Crippen LogP contribution in [-0.4, -0.2) is 42.8 Å². The maximum atomic E-state index is 12.6. The second-order valence-electron chi connectivity index (χ2n) is 6.02. The van der Waals surface area contributed by atoms with Crippen LogP contribution in [0.3, 0.4) is 0 Å². The molecule has 4 rings (SSSR count). The number of aryl methyl sites for hydroxylation is 1. The summed E-state index contributed by atoms with van der Waals surface area (Å²) in [6.07, 6.45) is 10.3. The molecule has 0 aliphatic carbocycles. The first-order valence-electron chi connectivity index (χ1n) is 7.89. The number of hydrogen-bond donors (Lipinski definition) is 0. The molecule has 4 heterocycles. The summed E-state index contributed by atoms with van der Waals surface area (Å²) in [4.78, 5) is 24.3. The monoisotopic (exact) mass is 329 g/mol. The quantitative estimate of drug-likeness (QED) is 0.741. The van der Waals surface area contributed by atoms with Crippen LogP contribution in [0.4, 0.5) is 0 Å². The van der Waals surface area contributed by atoms with Crippen molar-refractivity contribution >= 4 is 22.2 Å². The van der Waals surface area contributed by atoms with Crippen LogP contribution in [0.15, 0.2) is 30.2 Å². The minimum atomic E-state index is 0.165. The fourth-order valence-electron chi connectivity index (χ4n) is 3.31. The maximum absolute atomic E-state index is 12.6. The predicted molar refractivity (Wildman–Crippen MR) is 88.6 cm³/mol. The zero-order valence-corrected chi connectivity index (χ0v) is 13.9. The fraction of sp³-hybridized carbons (Fsp3) is 0.438. The van der Waals surface area contributed by atoms with Gasteiger partial charge in [0, 0.05) is 43.3 Å². The van der Waals surface area contributed by atoms with Crippen molar-refractivity contribution in [3.05, 3.63) is 41.7 Å². The molecular weight excluding hydrogens is 310 g/mol. The minimum Gasteiger partial charge on any atom is -0.340 e. The fourth-order valence-corrected chi connectivity index (χ4v) is 4.03. The molecule has 3 aromatic rings. The standard InChI is InChI=1S/C16H19N5OS/c1-12-17-4-6-21(12)14-3-2-5-19(11-14)15(22)9-13-10-20-7-8-23-16(20)18-13/h4,6-8,10,14H,2-3,5,9,11H2,1H3/t14-/m0/s1. The number of imidazole rings is 2. The van der Waals surface area contributed by atoms with Gasteiger partial charge >= 0.3 is 0 Å². The number of piperidine rings is 1. The molecule has 1 amide bonds. The van der Waals surface area contributed by atoms with Crippen molar-refractivity contribution < 1.29 is 4.79 Å². The number of hydrogen-bond acceptors (Lipinski definition) is 4. The number of fused-ring (bicyclic) bond motifs is 1. The Kier molecular flexibility index (Phi) is 3.65. The van der Waals surface area contributed by atoms with E-state index in [1.807, 2.05) is 46.4 Å². The van der Waals surface area contributed by atoms with E-state index in [0.717, 1.165) is 42.4 Å². The van der Waals surface area contributed by atoms with E-state index in [-0.39, 0.29) is 5.91 Å². The van der Waals surface area contributed by atoms with Gasteiger partial charge in [-0.15, -0.1) is 11.3 Å². The van der Waals surface area contributed by atoms with Gasteiger partial charge in [-0.05, 0) is 19.8 Å². The van der Waals surface area contributed by atoms with Gasteiger partial charge in [-0.25, -0.2) is 9.97 Å². The van der Waals surface area contributed by atoms with Crippen LogP contribution in [0.5, 0.6) is 0 Å². The van der Waals surface area contributed by atoms with Crippen LogP contribution in [0, 0.1) is 6.92 Å². The van der Waals surface area contributed by atoms with Crippen molar-refractivity contribution in [1.82, 2.24) is 23.8 Å². The van der Waals surface area contributed by atoms with E-state index in [2.05, 4.69) is 14.5 Å². The van der Waals surface area contributed by atoms with Gasteiger partial charge in [0.1, 0.15) is 5.82 Å². The zero-order valence-electron chi connectivity index (χ0n) is 13.1. The topological polar surface area (TPSA) is 55.4 Å². The first-order chi connectivity index (χ1) is 11.2. The van der Waals surface area contributed by atoms with Crippen LogP contribution in [-0.2, 0) is 11.2 Å². The minimum absolute atomic E-state index is 0.165. The molecule has 7 heteroatoms. The smallest absolute Gasteiger partial charge is 0.228 e. The zero-order chi connectivity index (χ0) is 15.8. The molecule has 1 fully saturated rings. The van der Waals surface area contributed by atoms with Gasteiger partial charge in [0.2, 0.25) is 5.91 Å². The third-order valence-electron chi connectivity index (χ3n) is 4.48. The molecule has 0 saturated carbocycles. The predicted octanol–water partition coefficient (Wildman–Crippen LogP) is 2.31. The van der Waals surface area contributed by atoms with E-state index in [0.29, 0.717) is 12.5 Å². The number of likely N-dealkylation sites (tertiary alicyclic amines) is 1. The lowest BCUT2D eigenvalue weighted by molar-refractivity contribution is -0.132. The van der Waals surface area contributed by atoms with E-state index in [9.17, 15) is 4.79 Å². The number of carbonyl (C=O) groups is 1. The van der Waals surface area contributed by atoms with Gasteiger partial charge in [-0.1, -0.05) is 0 Å². The molecule has 0 aromatic carbocycles. The molecule has 1 saturated heterocycles. The van der Waals surface area contributed by atoms with Crippen molar-refractivity contribution in [2.45, 2.75) is 32.2 Å². The second-order valence-corrected chi connectivity index (χ2v) is 6.89. The van der Waals surface area contributed by atoms with Crippen molar-refractivity contribution in [1.29, 1.82) is 0 Å². The van der Waals surface area contributed by atoms with Crippen LogP contribution in [0.25, 0.3) is 4.96 Å². The number of aromatic nitrogens is 4. The summed E-state index contributed by atoms with van der Waals surface area (Å²) in [7, 11) is 0. The number of rotatable bonds is 3. The molecule has 0 radical (unpaired) electrons. The highest BCUT2D eigenvalue weighted by atomic mass is 32.1. The lowest BCUT2D eigenvalue weighted by Crippen LogP contribution is -2.41. The van der Waals surface area contributed by atoms with Gasteiger partial charge in [-0.3, -0.25) is 9.20 Å². The second kappa shape index (κ2) is 5.81. The number of thiazole rings is 1. The Bertz CT molecular complexity index is 804. The van der Waals surface area contributed by atoms with E-state index in [1.165, 1.54) is 0 Å². The number of nitrogens with zero attached hydrogens (tertiary/aromatic N) is 5. The highest BCUT2D eigenvalue weighted by Crippen LogP contribution is 2.23. The van der Waals surface area contributed by atoms with Crippen LogP contribution < -0.4 is 0 Å². The summed E-state index contributed by atoms with van der Waals surface area (Å²) in [5.74, 6) is 1.18. The molecular formula is C16H19N5OS. The molecule has 23 heavy (non-hydrogen) atoms. The maximum Gasteiger partial charge on any atom is 0.228 e. The van der Waals surface area contributed by atoms with Crippen LogP contribution >= 0.6 is 11.3 Å². The summed E-state index contributed by atoms with van der Waals surface area (Å²) < 4.78 is 4.16. The lowest BCUT2D eigenvalue weighted by atomic mass is 10.0. The Morgan fingerprint density at radius 3 is 3.13 bits per heavy atom. The SMILES string of the molecule is Cc1nccn1[C@H]1CCCN(C(=O)Cc2cn3ccsc3n2)C1. The molecule has 6 nitrogen and oxygen atoms in total. The molecule has 120 valence electrons. The third-order valence-corrected chi connectivity index (χ3v) is 5.25. The normalized spacial score (nSPS) is 18.7. The highest BCUT2D eigenvalue weighted by molar-refractivity contribution is 7.15. The number of carbonyl (C=O) groups excluding carboxylic acids is 1. The van der Waals surface area contributed by atoms with Crippen molar-refractivity contribution in [3.63, 3.8) is 0 Å². The highest BCUT2D eigenvalue weighted by Gasteiger charge is 2.25. The summed E-state index contributed by atoms with van der Waals surface area (Å²) in [5, 5.41) is 2.00. The number of amides is 1. The van der Waals surface area contributed by atoms with E-state index < -0.39 is 0 Å². The lowest BCUT2D eigenvalue weighted by Gasteiger charge is -2.33. The largest absolute Gasteiger partial charge is 0.340 e. The Balaban J connectivity index is 1.45. The van der Waals surface area contributed by atoms with Gasteiger partial charge in [0.05, 0.1) is 18.2 Å². The third kappa shape index (κ3) is 2.76. The summed E-state index contributed by atoms with van der Waals surface area (Å²) in [6, 6.07) is 0.334. The Labute approximate surface area is 138 Å². The van der Waals surface area contributed by atoms with Crippen LogP contribution in [0.1, 0.15) is 30.4 Å². The Morgan fingerprint density at radius 1 is 1.43 bits per heavy atom. The molecule has 0 N–H and O–H groups in total. The van der Waals surface area contributed by atoms with Gasteiger partial charge in [-0.2, -0.15) is 0 Å². The molecule has 1 aliphatic heterocycles. The average Bonchev–Trinajstić information content (AvgIpc) is 3.23. The average molecular weight is 329 g/mol.